The van der Waals surface area contributed by atoms with Crippen LogP contribution in [0.4, 0.5) is 0 Å². The number of piperidine rings is 1. The van der Waals surface area contributed by atoms with Crippen molar-refractivity contribution in [3.05, 3.63) is 12.2 Å². The summed E-state index contributed by atoms with van der Waals surface area (Å²) in [6.07, 6.45) is 7.53. The van der Waals surface area contributed by atoms with Gasteiger partial charge in [-0.25, -0.2) is 0 Å². The lowest BCUT2D eigenvalue weighted by Crippen LogP contribution is -2.50. The number of carbonyl (C=O) groups is 2. The average Bonchev–Trinajstić information content (AvgIpc) is 2.61. The van der Waals surface area contributed by atoms with Gasteiger partial charge in [-0.3, -0.25) is 14.5 Å². The maximum absolute atomic E-state index is 12.6. The highest BCUT2D eigenvalue weighted by atomic mass is 16.2. The first-order chi connectivity index (χ1) is 12.0. The van der Waals surface area contributed by atoms with Crippen LogP contribution in [0.1, 0.15) is 58.8 Å². The molecule has 0 spiro atoms. The summed E-state index contributed by atoms with van der Waals surface area (Å²) < 4.78 is 0. The monoisotopic (exact) mass is 349 g/mol. The van der Waals surface area contributed by atoms with Crippen LogP contribution in [0.5, 0.6) is 0 Å². The van der Waals surface area contributed by atoms with Crippen LogP contribution in [0.15, 0.2) is 12.2 Å². The van der Waals surface area contributed by atoms with E-state index in [1.807, 2.05) is 11.8 Å². The first kappa shape index (κ1) is 20.0. The van der Waals surface area contributed by atoms with Gasteiger partial charge >= 0.3 is 0 Å². The topological polar surface area (TPSA) is 52.7 Å². The van der Waals surface area contributed by atoms with Crippen molar-refractivity contribution in [2.24, 2.45) is 5.92 Å². The molecule has 2 amide bonds. The summed E-state index contributed by atoms with van der Waals surface area (Å²) in [5.74, 6) is 0.684. The summed E-state index contributed by atoms with van der Waals surface area (Å²) in [6.45, 7) is 11.6. The standard InChI is InChI=1S/C20H35N3O2/c1-4-22(14-16(2)3)15-19(24)21-18-10-12-23(13-11-18)20(25)17-8-6-5-7-9-17/h17-18H,2,4-15H2,1,3H3,(H,21,24). The minimum atomic E-state index is 0.0835. The first-order valence-electron chi connectivity index (χ1n) is 9.94. The summed E-state index contributed by atoms with van der Waals surface area (Å²) >= 11 is 0. The fourth-order valence-electron chi connectivity index (χ4n) is 3.99. The lowest BCUT2D eigenvalue weighted by atomic mass is 9.87. The largest absolute Gasteiger partial charge is 0.352 e. The Labute approximate surface area is 152 Å². The van der Waals surface area contributed by atoms with Crippen LogP contribution in [-0.4, -0.2) is 60.4 Å². The number of rotatable bonds is 7. The van der Waals surface area contributed by atoms with E-state index in [1.165, 1.54) is 19.3 Å². The fraction of sp³-hybridized carbons (Fsp3) is 0.800. The molecule has 2 rings (SSSR count). The summed E-state index contributed by atoms with van der Waals surface area (Å²) in [5.41, 5.74) is 1.07. The van der Waals surface area contributed by atoms with Gasteiger partial charge in [-0.15, -0.1) is 0 Å². The number of amides is 2. The summed E-state index contributed by atoms with van der Waals surface area (Å²) in [7, 11) is 0. The van der Waals surface area contributed by atoms with Gasteiger partial charge in [0.15, 0.2) is 0 Å². The molecule has 1 aliphatic carbocycles. The Morgan fingerprint density at radius 3 is 2.28 bits per heavy atom. The van der Waals surface area contributed by atoms with E-state index in [0.29, 0.717) is 12.5 Å². The molecule has 0 radical (unpaired) electrons. The Morgan fingerprint density at radius 1 is 1.08 bits per heavy atom. The zero-order valence-electron chi connectivity index (χ0n) is 16.1. The minimum absolute atomic E-state index is 0.0835. The highest BCUT2D eigenvalue weighted by molar-refractivity contribution is 5.79. The molecule has 1 heterocycles. The number of nitrogens with one attached hydrogen (secondary N) is 1. The number of nitrogens with zero attached hydrogens (tertiary/aromatic N) is 2. The van der Waals surface area contributed by atoms with E-state index in [0.717, 1.165) is 57.4 Å². The second kappa shape index (κ2) is 9.95. The van der Waals surface area contributed by atoms with Crippen LogP contribution in [-0.2, 0) is 9.59 Å². The van der Waals surface area contributed by atoms with Crippen LogP contribution in [0.3, 0.4) is 0 Å². The van der Waals surface area contributed by atoms with Gasteiger partial charge in [0, 0.05) is 31.6 Å². The smallest absolute Gasteiger partial charge is 0.234 e. The number of likely N-dealkylation sites (tertiary alicyclic amines) is 1. The second-order valence-electron chi connectivity index (χ2n) is 7.76. The number of likely N-dealkylation sites (N-methyl/N-ethyl adjacent to an activating group) is 1. The molecule has 2 aliphatic rings. The molecule has 5 heteroatoms. The van der Waals surface area contributed by atoms with E-state index in [1.54, 1.807) is 0 Å². The molecule has 0 unspecified atom stereocenters. The Kier molecular flexibility index (Phi) is 7.94. The quantitative estimate of drug-likeness (QED) is 0.719. The first-order valence-corrected chi connectivity index (χ1v) is 9.94. The lowest BCUT2D eigenvalue weighted by molar-refractivity contribution is -0.137. The second-order valence-corrected chi connectivity index (χ2v) is 7.76. The van der Waals surface area contributed by atoms with E-state index in [-0.39, 0.29) is 17.9 Å². The van der Waals surface area contributed by atoms with E-state index in [9.17, 15) is 9.59 Å². The molecular weight excluding hydrogens is 314 g/mol. The van der Waals surface area contributed by atoms with Crippen molar-refractivity contribution >= 4 is 11.8 Å². The van der Waals surface area contributed by atoms with Crippen LogP contribution in [0, 0.1) is 5.92 Å². The van der Waals surface area contributed by atoms with Crippen LogP contribution >= 0.6 is 0 Å². The molecule has 0 aromatic heterocycles. The minimum Gasteiger partial charge on any atom is -0.352 e. The molecule has 142 valence electrons. The number of carbonyl (C=O) groups excluding carboxylic acids is 2. The van der Waals surface area contributed by atoms with E-state index < -0.39 is 0 Å². The van der Waals surface area contributed by atoms with Gasteiger partial charge in [-0.05, 0) is 39.2 Å². The maximum atomic E-state index is 12.6. The van der Waals surface area contributed by atoms with Crippen molar-refractivity contribution in [3.63, 3.8) is 0 Å². The zero-order chi connectivity index (χ0) is 18.2. The predicted octanol–water partition coefficient (Wildman–Crippen LogP) is 2.57. The third-order valence-corrected chi connectivity index (χ3v) is 5.43. The van der Waals surface area contributed by atoms with Crippen molar-refractivity contribution in [3.8, 4) is 0 Å². The lowest BCUT2D eigenvalue weighted by Gasteiger charge is -2.35. The van der Waals surface area contributed by atoms with Gasteiger partial charge in [0.1, 0.15) is 0 Å². The normalized spacial score (nSPS) is 19.9. The highest BCUT2D eigenvalue weighted by Gasteiger charge is 2.29. The third kappa shape index (κ3) is 6.46. The summed E-state index contributed by atoms with van der Waals surface area (Å²) in [5, 5.41) is 3.15. The van der Waals surface area contributed by atoms with Crippen molar-refractivity contribution in [2.75, 3.05) is 32.7 Å². The molecule has 1 saturated carbocycles. The van der Waals surface area contributed by atoms with Gasteiger partial charge < -0.3 is 10.2 Å². The van der Waals surface area contributed by atoms with Gasteiger partial charge in [0.2, 0.25) is 11.8 Å². The molecule has 0 bridgehead atoms. The number of hydrogen-bond acceptors (Lipinski definition) is 3. The molecule has 25 heavy (non-hydrogen) atoms. The average molecular weight is 350 g/mol. The van der Waals surface area contributed by atoms with Gasteiger partial charge in [0.25, 0.3) is 0 Å². The van der Waals surface area contributed by atoms with Crippen molar-refractivity contribution < 1.29 is 9.59 Å². The van der Waals surface area contributed by atoms with E-state index in [4.69, 9.17) is 0 Å². The molecule has 5 nitrogen and oxygen atoms in total. The Balaban J connectivity index is 1.71. The van der Waals surface area contributed by atoms with Crippen LogP contribution in [0.2, 0.25) is 0 Å². The number of hydrogen-bond donors (Lipinski definition) is 1. The Morgan fingerprint density at radius 2 is 1.72 bits per heavy atom. The predicted molar refractivity (Wildman–Crippen MR) is 101 cm³/mol. The highest BCUT2D eigenvalue weighted by Crippen LogP contribution is 2.26. The Hall–Kier alpha value is -1.36. The van der Waals surface area contributed by atoms with Gasteiger partial charge in [-0.1, -0.05) is 38.3 Å². The summed E-state index contributed by atoms with van der Waals surface area (Å²) in [4.78, 5) is 29.0. The molecule has 0 atom stereocenters. The SMILES string of the molecule is C=C(C)CN(CC)CC(=O)NC1CCN(C(=O)C2CCCCC2)CC1. The van der Waals surface area contributed by atoms with Crippen molar-refractivity contribution in [2.45, 2.75) is 64.8 Å². The summed E-state index contributed by atoms with van der Waals surface area (Å²) in [6, 6.07) is 0.200. The van der Waals surface area contributed by atoms with Crippen LogP contribution in [0.25, 0.3) is 0 Å². The molecule has 1 aliphatic heterocycles. The molecule has 1 saturated heterocycles. The maximum Gasteiger partial charge on any atom is 0.234 e. The van der Waals surface area contributed by atoms with Crippen molar-refractivity contribution in [1.82, 2.24) is 15.1 Å². The zero-order valence-corrected chi connectivity index (χ0v) is 16.1. The van der Waals surface area contributed by atoms with E-state index >= 15 is 0 Å². The van der Waals surface area contributed by atoms with Gasteiger partial charge in [0.05, 0.1) is 6.54 Å². The molecule has 2 fully saturated rings. The molecular formula is C20H35N3O2. The molecule has 0 aromatic rings. The van der Waals surface area contributed by atoms with Crippen molar-refractivity contribution in [1.29, 1.82) is 0 Å². The molecule has 1 N–H and O–H groups in total. The van der Waals surface area contributed by atoms with Gasteiger partial charge in [-0.2, -0.15) is 0 Å². The van der Waals surface area contributed by atoms with Crippen LogP contribution < -0.4 is 5.32 Å². The Bertz CT molecular complexity index is 464. The molecule has 0 aromatic carbocycles. The fourth-order valence-corrected chi connectivity index (χ4v) is 3.99. The van der Waals surface area contributed by atoms with E-state index in [2.05, 4.69) is 23.7 Å². The third-order valence-electron chi connectivity index (χ3n) is 5.43.